The fourth-order valence-electron chi connectivity index (χ4n) is 2.87. The minimum absolute atomic E-state index is 0.388. The van der Waals surface area contributed by atoms with Crippen molar-refractivity contribution in [2.24, 2.45) is 0 Å². The maximum atomic E-state index is 5.92. The number of nitrogens with one attached hydrogen (secondary N) is 1. The predicted molar refractivity (Wildman–Crippen MR) is 73.1 cm³/mol. The quantitative estimate of drug-likeness (QED) is 0.850. The molecule has 18 heavy (non-hydrogen) atoms. The van der Waals surface area contributed by atoms with Crippen LogP contribution in [0.2, 0.25) is 0 Å². The normalized spacial score (nSPS) is 21.4. The second-order valence-electron chi connectivity index (χ2n) is 4.96. The largest absolute Gasteiger partial charge is 0.343 e. The lowest BCUT2D eigenvalue weighted by Gasteiger charge is -2.31. The van der Waals surface area contributed by atoms with Gasteiger partial charge in [0.05, 0.1) is 13.2 Å². The summed E-state index contributed by atoms with van der Waals surface area (Å²) in [7, 11) is 0. The van der Waals surface area contributed by atoms with Crippen molar-refractivity contribution in [1.29, 1.82) is 0 Å². The SMILES string of the molecule is CCNCCc1cc2c(s1)CCCC21OCCO1. The first-order valence-electron chi connectivity index (χ1n) is 6.95. The van der Waals surface area contributed by atoms with Crippen molar-refractivity contribution >= 4 is 11.3 Å². The van der Waals surface area contributed by atoms with Crippen LogP contribution in [-0.2, 0) is 28.1 Å². The van der Waals surface area contributed by atoms with E-state index in [1.165, 1.54) is 28.2 Å². The van der Waals surface area contributed by atoms with Gasteiger partial charge in [-0.3, -0.25) is 0 Å². The predicted octanol–water partition coefficient (Wildman–Crippen LogP) is 2.44. The molecule has 1 aliphatic carbocycles. The summed E-state index contributed by atoms with van der Waals surface area (Å²) in [5, 5.41) is 3.38. The van der Waals surface area contributed by atoms with Gasteiger partial charge in [0.15, 0.2) is 5.79 Å². The van der Waals surface area contributed by atoms with E-state index >= 15 is 0 Å². The van der Waals surface area contributed by atoms with Crippen molar-refractivity contribution in [3.63, 3.8) is 0 Å². The summed E-state index contributed by atoms with van der Waals surface area (Å²) in [6.07, 6.45) is 4.50. The number of ether oxygens (including phenoxy) is 2. The lowest BCUT2D eigenvalue weighted by molar-refractivity contribution is -0.175. The number of hydrogen-bond donors (Lipinski definition) is 1. The van der Waals surface area contributed by atoms with Crippen molar-refractivity contribution in [2.75, 3.05) is 26.3 Å². The molecule has 0 unspecified atom stereocenters. The third-order valence-corrected chi connectivity index (χ3v) is 4.99. The highest BCUT2D eigenvalue weighted by Crippen LogP contribution is 2.45. The van der Waals surface area contributed by atoms with Crippen LogP contribution in [0.4, 0.5) is 0 Å². The highest BCUT2D eigenvalue weighted by molar-refractivity contribution is 7.12. The van der Waals surface area contributed by atoms with Gasteiger partial charge in [0, 0.05) is 21.7 Å². The number of aryl methyl sites for hydroxylation is 1. The van der Waals surface area contributed by atoms with Crippen molar-refractivity contribution < 1.29 is 9.47 Å². The van der Waals surface area contributed by atoms with E-state index in [4.69, 9.17) is 9.47 Å². The zero-order valence-electron chi connectivity index (χ0n) is 11.0. The Hall–Kier alpha value is -0.420. The molecule has 3 nitrogen and oxygen atoms in total. The van der Waals surface area contributed by atoms with E-state index in [-0.39, 0.29) is 5.79 Å². The van der Waals surface area contributed by atoms with Gasteiger partial charge in [-0.15, -0.1) is 11.3 Å². The molecular weight excluding hydrogens is 246 g/mol. The maximum absolute atomic E-state index is 5.92. The summed E-state index contributed by atoms with van der Waals surface area (Å²) in [6, 6.07) is 2.32. The van der Waals surface area contributed by atoms with Gasteiger partial charge in [-0.2, -0.15) is 0 Å². The topological polar surface area (TPSA) is 30.5 Å². The first-order valence-corrected chi connectivity index (χ1v) is 7.76. The van der Waals surface area contributed by atoms with Gasteiger partial charge < -0.3 is 14.8 Å². The number of fused-ring (bicyclic) bond motifs is 2. The van der Waals surface area contributed by atoms with Gasteiger partial charge in [-0.1, -0.05) is 6.92 Å². The maximum Gasteiger partial charge on any atom is 0.196 e. The summed E-state index contributed by atoms with van der Waals surface area (Å²) in [5.74, 6) is -0.388. The van der Waals surface area contributed by atoms with E-state index in [0.29, 0.717) is 0 Å². The molecule has 1 aromatic heterocycles. The molecule has 100 valence electrons. The van der Waals surface area contributed by atoms with Crippen LogP contribution in [0.3, 0.4) is 0 Å². The van der Waals surface area contributed by atoms with Gasteiger partial charge in [0.1, 0.15) is 0 Å². The van der Waals surface area contributed by atoms with Crippen LogP contribution in [0.5, 0.6) is 0 Å². The van der Waals surface area contributed by atoms with Crippen LogP contribution in [-0.4, -0.2) is 26.3 Å². The van der Waals surface area contributed by atoms with E-state index in [1.54, 1.807) is 0 Å². The Morgan fingerprint density at radius 2 is 2.22 bits per heavy atom. The molecule has 4 heteroatoms. The fraction of sp³-hybridized carbons (Fsp3) is 0.714. The zero-order valence-corrected chi connectivity index (χ0v) is 11.8. The lowest BCUT2D eigenvalue weighted by atomic mass is 9.92. The second-order valence-corrected chi connectivity index (χ2v) is 6.18. The summed E-state index contributed by atoms with van der Waals surface area (Å²) in [4.78, 5) is 2.94. The molecule has 0 bridgehead atoms. The summed E-state index contributed by atoms with van der Waals surface area (Å²) >= 11 is 1.95. The van der Waals surface area contributed by atoms with E-state index in [1.807, 2.05) is 11.3 Å². The molecule has 1 spiro atoms. The molecule has 1 fully saturated rings. The monoisotopic (exact) mass is 267 g/mol. The van der Waals surface area contributed by atoms with E-state index in [9.17, 15) is 0 Å². The first-order chi connectivity index (χ1) is 8.84. The Labute approximate surface area is 112 Å². The van der Waals surface area contributed by atoms with Crippen molar-refractivity contribution in [3.05, 3.63) is 21.4 Å². The molecule has 0 radical (unpaired) electrons. The van der Waals surface area contributed by atoms with Crippen LogP contribution < -0.4 is 5.32 Å². The minimum atomic E-state index is -0.388. The molecule has 0 amide bonds. The van der Waals surface area contributed by atoms with E-state index in [2.05, 4.69) is 18.3 Å². The van der Waals surface area contributed by atoms with Crippen LogP contribution in [0.25, 0.3) is 0 Å². The van der Waals surface area contributed by atoms with Crippen molar-refractivity contribution in [3.8, 4) is 0 Å². The van der Waals surface area contributed by atoms with Crippen LogP contribution in [0.15, 0.2) is 6.07 Å². The minimum Gasteiger partial charge on any atom is -0.343 e. The highest BCUT2D eigenvalue weighted by atomic mass is 32.1. The van der Waals surface area contributed by atoms with Crippen LogP contribution in [0.1, 0.15) is 35.1 Å². The Balaban J connectivity index is 1.79. The molecule has 1 saturated heterocycles. The Morgan fingerprint density at radius 3 is 3.00 bits per heavy atom. The summed E-state index contributed by atoms with van der Waals surface area (Å²) in [5.41, 5.74) is 1.32. The third kappa shape index (κ3) is 2.23. The van der Waals surface area contributed by atoms with Gasteiger partial charge >= 0.3 is 0 Å². The zero-order chi connectivity index (χ0) is 12.4. The molecule has 1 N–H and O–H groups in total. The number of hydrogen-bond acceptors (Lipinski definition) is 4. The average Bonchev–Trinajstić information content (AvgIpc) is 2.98. The standard InChI is InChI=1S/C14H21NO2S/c1-2-15-7-5-11-10-12-13(18-11)4-3-6-14(12)16-8-9-17-14/h10,15H,2-9H2,1H3. The molecule has 0 atom stereocenters. The summed E-state index contributed by atoms with van der Waals surface area (Å²) in [6.45, 7) is 5.73. The van der Waals surface area contributed by atoms with E-state index < -0.39 is 0 Å². The fourth-order valence-corrected chi connectivity index (χ4v) is 4.14. The van der Waals surface area contributed by atoms with Crippen LogP contribution >= 0.6 is 11.3 Å². The van der Waals surface area contributed by atoms with Gasteiger partial charge in [-0.25, -0.2) is 0 Å². The average molecular weight is 267 g/mol. The molecule has 1 aromatic rings. The second kappa shape index (κ2) is 5.29. The molecule has 3 rings (SSSR count). The first kappa shape index (κ1) is 12.6. The smallest absolute Gasteiger partial charge is 0.196 e. The Kier molecular flexibility index (Phi) is 3.71. The molecule has 0 saturated carbocycles. The molecule has 2 aliphatic rings. The number of thiophene rings is 1. The van der Waals surface area contributed by atoms with Crippen molar-refractivity contribution in [2.45, 2.75) is 38.4 Å². The Morgan fingerprint density at radius 1 is 1.39 bits per heavy atom. The molecular formula is C14H21NO2S. The number of rotatable bonds is 4. The highest BCUT2D eigenvalue weighted by Gasteiger charge is 2.43. The lowest BCUT2D eigenvalue weighted by Crippen LogP contribution is -2.30. The summed E-state index contributed by atoms with van der Waals surface area (Å²) < 4.78 is 11.8. The van der Waals surface area contributed by atoms with Gasteiger partial charge in [0.25, 0.3) is 0 Å². The van der Waals surface area contributed by atoms with Crippen molar-refractivity contribution in [1.82, 2.24) is 5.32 Å². The molecule has 1 aliphatic heterocycles. The van der Waals surface area contributed by atoms with Gasteiger partial charge in [0.2, 0.25) is 0 Å². The Bertz CT molecular complexity index is 410. The number of likely N-dealkylation sites (N-methyl/N-ethyl adjacent to an activating group) is 1. The molecule has 2 heterocycles. The van der Waals surface area contributed by atoms with E-state index in [0.717, 1.165) is 39.1 Å². The third-order valence-electron chi connectivity index (χ3n) is 3.73. The van der Waals surface area contributed by atoms with Crippen LogP contribution in [0, 0.1) is 0 Å². The van der Waals surface area contributed by atoms with Gasteiger partial charge in [-0.05, 0) is 38.4 Å². The molecule has 0 aromatic carbocycles.